The molecule has 0 aromatic carbocycles. The Hall–Kier alpha value is -1.19. The van der Waals surface area contributed by atoms with Crippen molar-refractivity contribution >= 4 is 5.78 Å². The first-order valence-electron chi connectivity index (χ1n) is 5.52. The van der Waals surface area contributed by atoms with Gasteiger partial charge in [0.2, 0.25) is 0 Å². The van der Waals surface area contributed by atoms with Crippen molar-refractivity contribution in [2.45, 2.75) is 46.1 Å². The molecule has 2 rings (SSSR count). The first-order valence-corrected chi connectivity index (χ1v) is 5.52. The van der Waals surface area contributed by atoms with Crippen LogP contribution in [0.1, 0.15) is 44.8 Å². The standard InChI is InChI=1S/C11H17N3O/c1-7(2)11-13-12-10-6-9(8(3)15)4-5-14(10)11/h7,9H,4-6H2,1-3H3. The molecule has 0 radical (unpaired) electrons. The summed E-state index contributed by atoms with van der Waals surface area (Å²) in [5.41, 5.74) is 0. The second kappa shape index (κ2) is 3.76. The fraction of sp³-hybridized carbons (Fsp3) is 0.727. The van der Waals surface area contributed by atoms with E-state index in [0.717, 1.165) is 31.0 Å². The van der Waals surface area contributed by atoms with Crippen molar-refractivity contribution in [3.63, 3.8) is 0 Å². The molecule has 0 bridgehead atoms. The summed E-state index contributed by atoms with van der Waals surface area (Å²) in [7, 11) is 0. The van der Waals surface area contributed by atoms with Gasteiger partial charge >= 0.3 is 0 Å². The van der Waals surface area contributed by atoms with Gasteiger partial charge in [-0.3, -0.25) is 4.79 Å². The van der Waals surface area contributed by atoms with Gasteiger partial charge in [0.05, 0.1) is 0 Å². The number of rotatable bonds is 2. The lowest BCUT2D eigenvalue weighted by molar-refractivity contribution is -0.121. The van der Waals surface area contributed by atoms with Crippen LogP contribution in [-0.2, 0) is 17.8 Å². The van der Waals surface area contributed by atoms with Gasteiger partial charge in [0.1, 0.15) is 17.4 Å². The molecule has 1 aliphatic heterocycles. The molecule has 15 heavy (non-hydrogen) atoms. The summed E-state index contributed by atoms with van der Waals surface area (Å²) in [6, 6.07) is 0. The third kappa shape index (κ3) is 1.80. The average molecular weight is 207 g/mol. The average Bonchev–Trinajstić information content (AvgIpc) is 2.59. The fourth-order valence-corrected chi connectivity index (χ4v) is 2.13. The number of hydrogen-bond donors (Lipinski definition) is 0. The van der Waals surface area contributed by atoms with E-state index in [0.29, 0.717) is 5.92 Å². The molecule has 0 saturated heterocycles. The molecule has 0 saturated carbocycles. The Labute approximate surface area is 89.7 Å². The molecule has 4 heteroatoms. The first kappa shape index (κ1) is 10.3. The van der Waals surface area contributed by atoms with Gasteiger partial charge in [0.25, 0.3) is 0 Å². The first-order chi connectivity index (χ1) is 7.09. The van der Waals surface area contributed by atoms with Gasteiger partial charge in [-0.05, 0) is 13.3 Å². The van der Waals surface area contributed by atoms with E-state index in [1.807, 2.05) is 0 Å². The Kier molecular flexibility index (Phi) is 2.59. The minimum Gasteiger partial charge on any atom is -0.315 e. The highest BCUT2D eigenvalue weighted by Crippen LogP contribution is 2.23. The van der Waals surface area contributed by atoms with E-state index in [9.17, 15) is 4.79 Å². The van der Waals surface area contributed by atoms with Crippen molar-refractivity contribution < 1.29 is 4.79 Å². The lowest BCUT2D eigenvalue weighted by Crippen LogP contribution is -2.25. The van der Waals surface area contributed by atoms with E-state index in [1.165, 1.54) is 0 Å². The minimum absolute atomic E-state index is 0.154. The minimum atomic E-state index is 0.154. The van der Waals surface area contributed by atoms with Crippen molar-refractivity contribution in [2.75, 3.05) is 0 Å². The van der Waals surface area contributed by atoms with Crippen molar-refractivity contribution in [1.29, 1.82) is 0 Å². The van der Waals surface area contributed by atoms with Crippen molar-refractivity contribution in [2.24, 2.45) is 5.92 Å². The molecule has 1 aromatic heterocycles. The van der Waals surface area contributed by atoms with Crippen LogP contribution in [0.25, 0.3) is 0 Å². The van der Waals surface area contributed by atoms with E-state index in [2.05, 4.69) is 28.6 Å². The van der Waals surface area contributed by atoms with Gasteiger partial charge in [-0.2, -0.15) is 0 Å². The number of hydrogen-bond acceptors (Lipinski definition) is 3. The molecule has 0 spiro atoms. The number of carbonyl (C=O) groups excluding carboxylic acids is 1. The Morgan fingerprint density at radius 1 is 1.47 bits per heavy atom. The quantitative estimate of drug-likeness (QED) is 0.739. The molecular formula is C11H17N3O. The molecule has 0 N–H and O–H groups in total. The zero-order chi connectivity index (χ0) is 11.0. The van der Waals surface area contributed by atoms with Crippen molar-refractivity contribution in [3.05, 3.63) is 11.6 Å². The van der Waals surface area contributed by atoms with E-state index in [-0.39, 0.29) is 11.7 Å². The summed E-state index contributed by atoms with van der Waals surface area (Å²) in [5, 5.41) is 8.36. The van der Waals surface area contributed by atoms with Gasteiger partial charge in [0.15, 0.2) is 0 Å². The smallest absolute Gasteiger partial charge is 0.135 e. The zero-order valence-electron chi connectivity index (χ0n) is 9.53. The molecule has 1 atom stereocenters. The topological polar surface area (TPSA) is 47.8 Å². The van der Waals surface area contributed by atoms with Crippen LogP contribution in [0.5, 0.6) is 0 Å². The number of Topliss-reactive ketones (excluding diaryl/α,β-unsaturated/α-hetero) is 1. The fourth-order valence-electron chi connectivity index (χ4n) is 2.13. The van der Waals surface area contributed by atoms with Crippen molar-refractivity contribution in [3.8, 4) is 0 Å². The van der Waals surface area contributed by atoms with E-state index < -0.39 is 0 Å². The van der Waals surface area contributed by atoms with Crippen LogP contribution in [0.15, 0.2) is 0 Å². The van der Waals surface area contributed by atoms with Gasteiger partial charge in [-0.1, -0.05) is 13.8 Å². The second-order valence-corrected chi connectivity index (χ2v) is 4.58. The molecule has 4 nitrogen and oxygen atoms in total. The second-order valence-electron chi connectivity index (χ2n) is 4.58. The van der Waals surface area contributed by atoms with Gasteiger partial charge in [-0.25, -0.2) is 0 Å². The van der Waals surface area contributed by atoms with Crippen LogP contribution < -0.4 is 0 Å². The number of aromatic nitrogens is 3. The maximum Gasteiger partial charge on any atom is 0.135 e. The molecule has 2 heterocycles. The molecule has 0 aliphatic carbocycles. The summed E-state index contributed by atoms with van der Waals surface area (Å²) in [4.78, 5) is 11.3. The summed E-state index contributed by atoms with van der Waals surface area (Å²) in [6.45, 7) is 6.79. The maximum absolute atomic E-state index is 11.3. The van der Waals surface area contributed by atoms with Crippen LogP contribution >= 0.6 is 0 Å². The third-order valence-corrected chi connectivity index (χ3v) is 3.08. The molecular weight excluding hydrogens is 190 g/mol. The summed E-state index contributed by atoms with van der Waals surface area (Å²) in [5.74, 6) is 2.86. The third-order valence-electron chi connectivity index (χ3n) is 3.08. The molecule has 0 amide bonds. The Morgan fingerprint density at radius 3 is 2.80 bits per heavy atom. The van der Waals surface area contributed by atoms with Crippen LogP contribution in [0.3, 0.4) is 0 Å². The van der Waals surface area contributed by atoms with Gasteiger partial charge < -0.3 is 4.57 Å². The Bertz CT molecular complexity index is 381. The molecule has 82 valence electrons. The van der Waals surface area contributed by atoms with Gasteiger partial charge in [-0.15, -0.1) is 10.2 Å². The highest BCUT2D eigenvalue weighted by molar-refractivity contribution is 5.78. The summed E-state index contributed by atoms with van der Waals surface area (Å²) >= 11 is 0. The van der Waals surface area contributed by atoms with Crippen molar-refractivity contribution in [1.82, 2.24) is 14.8 Å². The lowest BCUT2D eigenvalue weighted by atomic mass is 9.94. The Morgan fingerprint density at radius 2 is 2.20 bits per heavy atom. The van der Waals surface area contributed by atoms with Crippen LogP contribution in [0.4, 0.5) is 0 Å². The summed E-state index contributed by atoms with van der Waals surface area (Å²) < 4.78 is 2.17. The van der Waals surface area contributed by atoms with Crippen LogP contribution in [0.2, 0.25) is 0 Å². The van der Waals surface area contributed by atoms with Crippen LogP contribution in [-0.4, -0.2) is 20.5 Å². The highest BCUT2D eigenvalue weighted by atomic mass is 16.1. The Balaban J connectivity index is 2.26. The predicted molar refractivity (Wildman–Crippen MR) is 56.6 cm³/mol. The molecule has 0 fully saturated rings. The van der Waals surface area contributed by atoms with Gasteiger partial charge in [0, 0.05) is 24.8 Å². The van der Waals surface area contributed by atoms with E-state index in [1.54, 1.807) is 6.92 Å². The van der Waals surface area contributed by atoms with E-state index >= 15 is 0 Å². The maximum atomic E-state index is 11.3. The lowest BCUT2D eigenvalue weighted by Gasteiger charge is -2.22. The summed E-state index contributed by atoms with van der Waals surface area (Å²) in [6.07, 6.45) is 1.69. The number of ketones is 1. The largest absolute Gasteiger partial charge is 0.315 e. The molecule has 1 unspecified atom stereocenters. The molecule has 1 aromatic rings. The normalized spacial score (nSPS) is 20.4. The monoisotopic (exact) mass is 207 g/mol. The van der Waals surface area contributed by atoms with Crippen LogP contribution in [0, 0.1) is 5.92 Å². The highest BCUT2D eigenvalue weighted by Gasteiger charge is 2.26. The SMILES string of the molecule is CC(=O)C1CCn2c(nnc2C(C)C)C1. The zero-order valence-corrected chi connectivity index (χ0v) is 9.53. The number of carbonyl (C=O) groups is 1. The predicted octanol–water partition coefficient (Wildman–Crippen LogP) is 1.55. The van der Waals surface area contributed by atoms with E-state index in [4.69, 9.17) is 0 Å². The number of nitrogens with zero attached hydrogens (tertiary/aromatic N) is 3. The number of fused-ring (bicyclic) bond motifs is 1. The molecule has 1 aliphatic rings.